The van der Waals surface area contributed by atoms with Gasteiger partial charge in [0.2, 0.25) is 17.7 Å². The van der Waals surface area contributed by atoms with E-state index < -0.39 is 42.0 Å². The summed E-state index contributed by atoms with van der Waals surface area (Å²) in [5.74, 6) is 1.77. The van der Waals surface area contributed by atoms with Crippen LogP contribution in [0.2, 0.25) is 0 Å². The Bertz CT molecular complexity index is 867. The summed E-state index contributed by atoms with van der Waals surface area (Å²) in [6, 6.07) is -1.61. The number of nitrogens with zero attached hydrogens (tertiary/aromatic N) is 2. The highest BCUT2D eigenvalue weighted by molar-refractivity contribution is 5.90. The van der Waals surface area contributed by atoms with Crippen LogP contribution in [-0.2, 0) is 20.8 Å². The molecule has 0 unspecified atom stereocenters. The van der Waals surface area contributed by atoms with E-state index in [2.05, 4.69) is 26.5 Å². The van der Waals surface area contributed by atoms with E-state index in [1.54, 1.807) is 31.3 Å². The van der Waals surface area contributed by atoms with Crippen molar-refractivity contribution in [1.29, 1.82) is 0 Å². The average molecular weight is 520 g/mol. The standard InChI is InChI=1S/C27H45N5O5/c1-7-10-11-21(27(37)30-20(9-3)25(35)22(33)16-18(4)5)31-26(36)19(8-2)17-24(34)32(6)15-12-23-28-13-14-29-23/h1,13-14,18-22,25,33,35H,8-12,15-17H2,2-6H3,(H,28,29)(H,30,37)(H,31,36)/t19-,20+,21+,22+,25-/m1/s1. The van der Waals surface area contributed by atoms with Gasteiger partial charge >= 0.3 is 0 Å². The number of aliphatic hydroxyl groups excluding tert-OH is 2. The summed E-state index contributed by atoms with van der Waals surface area (Å²) in [5.41, 5.74) is 0. The molecule has 0 aliphatic carbocycles. The Hall–Kier alpha value is -2.90. The molecule has 0 aromatic carbocycles. The second-order valence-corrected chi connectivity index (χ2v) is 9.93. The number of rotatable bonds is 17. The van der Waals surface area contributed by atoms with Gasteiger partial charge in [0.25, 0.3) is 0 Å². The predicted molar refractivity (Wildman–Crippen MR) is 142 cm³/mol. The van der Waals surface area contributed by atoms with Gasteiger partial charge in [0.1, 0.15) is 11.9 Å². The Morgan fingerprint density at radius 3 is 2.41 bits per heavy atom. The highest BCUT2D eigenvalue weighted by atomic mass is 16.3. The lowest BCUT2D eigenvalue weighted by Crippen LogP contribution is -2.55. The highest BCUT2D eigenvalue weighted by Gasteiger charge is 2.31. The van der Waals surface area contributed by atoms with Crippen LogP contribution in [0.4, 0.5) is 0 Å². The molecule has 0 fully saturated rings. The number of nitrogens with one attached hydrogen (secondary N) is 3. The monoisotopic (exact) mass is 519 g/mol. The van der Waals surface area contributed by atoms with E-state index in [-0.39, 0.29) is 31.1 Å². The Labute approximate surface area is 221 Å². The Kier molecular flexibility index (Phi) is 14.6. The van der Waals surface area contributed by atoms with Crippen LogP contribution >= 0.6 is 0 Å². The smallest absolute Gasteiger partial charge is 0.242 e. The third-order valence-corrected chi connectivity index (χ3v) is 6.45. The van der Waals surface area contributed by atoms with Crippen LogP contribution in [0.15, 0.2) is 12.4 Å². The summed E-state index contributed by atoms with van der Waals surface area (Å²) >= 11 is 0. The SMILES string of the molecule is C#CCC[C@H](NC(=O)[C@H](CC)CC(=O)N(C)CCc1ncc[nH]1)C(=O)N[C@@H](CC)[C@@H](O)[C@@H](O)CC(C)C. The molecule has 1 aromatic rings. The summed E-state index contributed by atoms with van der Waals surface area (Å²) < 4.78 is 0. The molecule has 0 bridgehead atoms. The van der Waals surface area contributed by atoms with Crippen LogP contribution < -0.4 is 10.6 Å². The van der Waals surface area contributed by atoms with E-state index in [1.165, 1.54) is 0 Å². The molecule has 10 nitrogen and oxygen atoms in total. The Morgan fingerprint density at radius 2 is 1.86 bits per heavy atom. The van der Waals surface area contributed by atoms with Crippen molar-refractivity contribution in [3.05, 3.63) is 18.2 Å². The minimum Gasteiger partial charge on any atom is -0.390 e. The Balaban J connectivity index is 2.78. The molecule has 5 N–H and O–H groups in total. The van der Waals surface area contributed by atoms with Crippen molar-refractivity contribution in [2.45, 2.75) is 96.9 Å². The molecule has 0 aliphatic heterocycles. The number of aromatic amines is 1. The zero-order chi connectivity index (χ0) is 28.0. The van der Waals surface area contributed by atoms with Gasteiger partial charge in [-0.2, -0.15) is 0 Å². The molecule has 1 rings (SSSR count). The second-order valence-electron chi connectivity index (χ2n) is 9.93. The van der Waals surface area contributed by atoms with Crippen LogP contribution in [0.1, 0.15) is 72.0 Å². The molecule has 5 atom stereocenters. The van der Waals surface area contributed by atoms with E-state index in [4.69, 9.17) is 6.42 Å². The number of imidazole rings is 1. The van der Waals surface area contributed by atoms with E-state index in [1.807, 2.05) is 20.8 Å². The molecule has 0 aliphatic rings. The molecule has 37 heavy (non-hydrogen) atoms. The molecule has 0 saturated heterocycles. The summed E-state index contributed by atoms with van der Waals surface area (Å²) in [6.07, 6.45) is 8.92. The molecular formula is C27H45N5O5. The maximum Gasteiger partial charge on any atom is 0.242 e. The van der Waals surface area contributed by atoms with Crippen LogP contribution in [-0.4, -0.2) is 80.7 Å². The van der Waals surface area contributed by atoms with Gasteiger partial charge in [0.15, 0.2) is 0 Å². The van der Waals surface area contributed by atoms with Gasteiger partial charge in [-0.15, -0.1) is 12.3 Å². The molecule has 1 aromatic heterocycles. The van der Waals surface area contributed by atoms with Crippen molar-refractivity contribution in [2.24, 2.45) is 11.8 Å². The lowest BCUT2D eigenvalue weighted by Gasteiger charge is -2.30. The summed E-state index contributed by atoms with van der Waals surface area (Å²) in [7, 11) is 1.68. The van der Waals surface area contributed by atoms with Gasteiger partial charge in [0.05, 0.1) is 18.2 Å². The topological polar surface area (TPSA) is 148 Å². The third-order valence-electron chi connectivity index (χ3n) is 6.45. The van der Waals surface area contributed by atoms with Crippen LogP contribution in [0.3, 0.4) is 0 Å². The Morgan fingerprint density at radius 1 is 1.16 bits per heavy atom. The lowest BCUT2D eigenvalue weighted by atomic mass is 9.95. The first-order chi connectivity index (χ1) is 17.5. The van der Waals surface area contributed by atoms with Crippen molar-refractivity contribution in [1.82, 2.24) is 25.5 Å². The van der Waals surface area contributed by atoms with Crippen molar-refractivity contribution >= 4 is 17.7 Å². The highest BCUT2D eigenvalue weighted by Crippen LogP contribution is 2.15. The summed E-state index contributed by atoms with van der Waals surface area (Å²) in [5, 5.41) is 26.4. The van der Waals surface area contributed by atoms with Crippen molar-refractivity contribution in [3.8, 4) is 12.3 Å². The number of carbonyl (C=O) groups excluding carboxylic acids is 3. The van der Waals surface area contributed by atoms with E-state index in [0.29, 0.717) is 32.2 Å². The molecule has 0 radical (unpaired) electrons. The maximum atomic E-state index is 13.1. The molecule has 3 amide bonds. The van der Waals surface area contributed by atoms with Crippen LogP contribution in [0.5, 0.6) is 0 Å². The minimum atomic E-state index is -1.14. The van der Waals surface area contributed by atoms with Crippen LogP contribution in [0.25, 0.3) is 0 Å². The predicted octanol–water partition coefficient (Wildman–Crippen LogP) is 1.39. The number of terminal acetylenes is 1. The second kappa shape index (κ2) is 16.8. The number of amides is 3. The first kappa shape index (κ1) is 32.1. The number of carbonyl (C=O) groups is 3. The zero-order valence-corrected chi connectivity index (χ0v) is 22.9. The van der Waals surface area contributed by atoms with Crippen LogP contribution in [0, 0.1) is 24.2 Å². The molecule has 1 heterocycles. The van der Waals surface area contributed by atoms with Crippen molar-refractivity contribution in [3.63, 3.8) is 0 Å². The number of aliphatic hydroxyl groups is 2. The number of likely N-dealkylation sites (N-methyl/N-ethyl adjacent to an activating group) is 1. The normalized spacial score (nSPS) is 15.2. The van der Waals surface area contributed by atoms with Gasteiger partial charge in [-0.3, -0.25) is 14.4 Å². The van der Waals surface area contributed by atoms with Gasteiger partial charge < -0.3 is 30.7 Å². The lowest BCUT2D eigenvalue weighted by molar-refractivity contribution is -0.137. The molecule has 0 spiro atoms. The minimum absolute atomic E-state index is 0.0121. The largest absolute Gasteiger partial charge is 0.390 e. The molecule has 0 saturated carbocycles. The maximum absolute atomic E-state index is 13.1. The fourth-order valence-corrected chi connectivity index (χ4v) is 4.01. The van der Waals surface area contributed by atoms with Gasteiger partial charge in [0, 0.05) is 51.2 Å². The average Bonchev–Trinajstić information content (AvgIpc) is 3.39. The van der Waals surface area contributed by atoms with Crippen molar-refractivity contribution in [2.75, 3.05) is 13.6 Å². The van der Waals surface area contributed by atoms with E-state index in [9.17, 15) is 24.6 Å². The first-order valence-corrected chi connectivity index (χ1v) is 13.2. The van der Waals surface area contributed by atoms with E-state index >= 15 is 0 Å². The van der Waals surface area contributed by atoms with Gasteiger partial charge in [-0.25, -0.2) is 4.98 Å². The number of hydrogen-bond acceptors (Lipinski definition) is 6. The van der Waals surface area contributed by atoms with Gasteiger partial charge in [-0.1, -0.05) is 27.7 Å². The summed E-state index contributed by atoms with van der Waals surface area (Å²) in [4.78, 5) is 47.6. The molecule has 208 valence electrons. The zero-order valence-electron chi connectivity index (χ0n) is 22.9. The fourth-order valence-electron chi connectivity index (χ4n) is 4.01. The van der Waals surface area contributed by atoms with Gasteiger partial charge in [-0.05, 0) is 31.6 Å². The third kappa shape index (κ3) is 11.4. The number of aromatic nitrogens is 2. The number of hydrogen-bond donors (Lipinski definition) is 5. The fraction of sp³-hybridized carbons (Fsp3) is 0.704. The van der Waals surface area contributed by atoms with E-state index in [0.717, 1.165) is 5.82 Å². The molecular weight excluding hydrogens is 474 g/mol. The van der Waals surface area contributed by atoms with Crippen molar-refractivity contribution < 1.29 is 24.6 Å². The summed E-state index contributed by atoms with van der Waals surface area (Å²) in [6.45, 7) is 7.95. The molecule has 10 heteroatoms. The quantitative estimate of drug-likeness (QED) is 0.197. The number of H-pyrrole nitrogens is 1. The first-order valence-electron chi connectivity index (χ1n) is 13.2.